The third kappa shape index (κ3) is 26.1. The molecule has 0 saturated heterocycles. The van der Waals surface area contributed by atoms with Gasteiger partial charge in [0.15, 0.2) is 0 Å². The van der Waals surface area contributed by atoms with Crippen LogP contribution in [-0.2, 0) is 42.2 Å². The number of aliphatic imine (C=N–C) groups is 2. The summed E-state index contributed by atoms with van der Waals surface area (Å²) in [6.45, 7) is 17.1. The van der Waals surface area contributed by atoms with Crippen LogP contribution in [0.3, 0.4) is 0 Å². The molecular formula is C60H94N2NiO2. The Labute approximate surface area is 411 Å². The summed E-state index contributed by atoms with van der Waals surface area (Å²) in [5.74, 6) is -0.615. The van der Waals surface area contributed by atoms with Crippen LogP contribution in [0.15, 0.2) is 64.6 Å². The predicted octanol–water partition coefficient (Wildman–Crippen LogP) is 18.1. The number of nitrogens with zero attached hydrogens (tertiary/aromatic N) is 2. The second-order valence-electron chi connectivity index (χ2n) is 18.4. The first kappa shape index (κ1) is 59.8. The molecule has 0 amide bonds. The maximum Gasteiger partial charge on any atom is 2.00 e. The number of benzene rings is 3. The Morgan fingerprint density at radius 2 is 0.969 bits per heavy atom. The first-order valence-electron chi connectivity index (χ1n) is 26.8. The third-order valence-electron chi connectivity index (χ3n) is 12.8. The van der Waals surface area contributed by atoms with E-state index < -0.39 is 0 Å². The number of allylic oxidation sites excluding steroid dienone is 1. The molecule has 3 rings (SSSR count). The van der Waals surface area contributed by atoms with E-state index in [9.17, 15) is 10.2 Å². The van der Waals surface area contributed by atoms with Crippen molar-refractivity contribution in [1.29, 1.82) is 0 Å². The van der Waals surface area contributed by atoms with E-state index in [0.717, 1.165) is 74.7 Å². The molecule has 3 aromatic rings. The van der Waals surface area contributed by atoms with E-state index in [1.54, 1.807) is 6.92 Å². The van der Waals surface area contributed by atoms with Gasteiger partial charge in [-0.15, -0.1) is 11.5 Å². The summed E-state index contributed by atoms with van der Waals surface area (Å²) in [5, 5.41) is 23.2. The number of hydrogen-bond acceptors (Lipinski definition) is 4. The van der Waals surface area contributed by atoms with Crippen LogP contribution >= 0.6 is 0 Å². The van der Waals surface area contributed by atoms with Crippen LogP contribution in [0.1, 0.15) is 249 Å². The van der Waals surface area contributed by atoms with Gasteiger partial charge in [-0.2, -0.15) is 0 Å². The van der Waals surface area contributed by atoms with Crippen LogP contribution in [0.25, 0.3) is 6.08 Å². The first-order chi connectivity index (χ1) is 31.2. The van der Waals surface area contributed by atoms with Crippen molar-refractivity contribution in [2.24, 2.45) is 9.98 Å². The van der Waals surface area contributed by atoms with E-state index in [1.165, 1.54) is 157 Å². The largest absolute Gasteiger partial charge is 2.00 e. The van der Waals surface area contributed by atoms with E-state index in [2.05, 4.69) is 96.2 Å². The van der Waals surface area contributed by atoms with Crippen LogP contribution in [0.5, 0.6) is 11.5 Å². The zero-order valence-electron chi connectivity index (χ0n) is 43.0. The van der Waals surface area contributed by atoms with Crippen molar-refractivity contribution in [1.82, 2.24) is 0 Å². The fourth-order valence-electron chi connectivity index (χ4n) is 8.41. The van der Waals surface area contributed by atoms with E-state index >= 15 is 0 Å². The van der Waals surface area contributed by atoms with Crippen LogP contribution < -0.4 is 10.2 Å². The molecule has 0 aliphatic rings. The van der Waals surface area contributed by atoms with Crippen LogP contribution in [0.4, 0.5) is 11.4 Å². The summed E-state index contributed by atoms with van der Waals surface area (Å²) in [5.41, 5.74) is 10.9. The van der Waals surface area contributed by atoms with Crippen molar-refractivity contribution in [3.05, 3.63) is 88.0 Å². The van der Waals surface area contributed by atoms with Gasteiger partial charge in [-0.25, -0.2) is 0 Å². The van der Waals surface area contributed by atoms with Gasteiger partial charge in [-0.05, 0) is 124 Å². The summed E-state index contributed by atoms with van der Waals surface area (Å²) in [6, 6.07) is 17.6. The molecule has 4 nitrogen and oxygen atoms in total. The molecule has 0 bridgehead atoms. The molecule has 0 spiro atoms. The van der Waals surface area contributed by atoms with Crippen LogP contribution in [-0.4, -0.2) is 11.4 Å². The normalized spacial score (nSPS) is 11.8. The molecular weight excluding hydrogens is 839 g/mol. The van der Waals surface area contributed by atoms with Crippen LogP contribution in [0, 0.1) is 6.92 Å². The van der Waals surface area contributed by atoms with Crippen molar-refractivity contribution in [3.8, 4) is 11.5 Å². The van der Waals surface area contributed by atoms with E-state index in [0.29, 0.717) is 17.5 Å². The first-order valence-corrected chi connectivity index (χ1v) is 26.8. The molecule has 5 heteroatoms. The van der Waals surface area contributed by atoms with Gasteiger partial charge >= 0.3 is 16.5 Å². The summed E-state index contributed by atoms with van der Waals surface area (Å²) in [6.07, 6.45) is 42.2. The molecule has 65 heavy (non-hydrogen) atoms. The van der Waals surface area contributed by atoms with Crippen LogP contribution in [0.2, 0.25) is 0 Å². The van der Waals surface area contributed by atoms with Gasteiger partial charge in [-0.1, -0.05) is 218 Å². The average Bonchev–Trinajstić information content (AvgIpc) is 3.31. The van der Waals surface area contributed by atoms with E-state index in [4.69, 9.17) is 9.98 Å². The van der Waals surface area contributed by atoms with Crippen molar-refractivity contribution >= 4 is 28.9 Å². The molecule has 0 atom stereocenters. The molecule has 0 aliphatic carbocycles. The molecule has 0 aliphatic heterocycles. The standard InChI is InChI=1S/C47H76N2.C13H20O2.Ni/c1-6-11-14-16-17-18-19-20-21-22-23-24-25-26-27-28-29-32-43-33-31-34-44(40-43)48-47(36-30-15-12-7-2)46(35-13-8-3)49-45-38-41(9-4)37-42(10-5)39-45;1-4-6-7-11-8-10(5-2)13(15)12(14)9(11)3;/h29,31-34,37-40H,6-28,30,35-36H2,1-5H3;8,14-15H,4-7H2,1-3H3;/q;;+2/p-2. The Kier molecular flexibility index (Phi) is 35.8. The summed E-state index contributed by atoms with van der Waals surface area (Å²) in [7, 11) is 0. The van der Waals surface area contributed by atoms with Gasteiger partial charge < -0.3 is 10.2 Å². The summed E-state index contributed by atoms with van der Waals surface area (Å²) < 4.78 is 0. The molecule has 366 valence electrons. The summed E-state index contributed by atoms with van der Waals surface area (Å²) in [4.78, 5) is 10.7. The minimum absolute atomic E-state index is 0. The maximum atomic E-state index is 11.6. The number of unbranched alkanes of at least 4 members (excludes halogenated alkanes) is 20. The SMILES string of the molecule is CCCCCCCCCCCCCCCCCC=Cc1cccc(N=C(CCCCCC)C(CCCC)=Nc2cc(CC)cc(CC)c2)c1.CCCCc1cc(CC)c([O-])c([O-])c1C.[Ni+2]. The number of aryl methyl sites for hydroxylation is 4. The zero-order chi connectivity index (χ0) is 46.6. The van der Waals surface area contributed by atoms with Gasteiger partial charge in [0, 0.05) is 0 Å². The van der Waals surface area contributed by atoms with E-state index in [-0.39, 0.29) is 28.0 Å². The van der Waals surface area contributed by atoms with Gasteiger partial charge in [0.25, 0.3) is 0 Å². The molecule has 0 unspecified atom stereocenters. The van der Waals surface area contributed by atoms with Crippen molar-refractivity contribution in [2.45, 2.75) is 248 Å². The van der Waals surface area contributed by atoms with Gasteiger partial charge in [0.1, 0.15) is 0 Å². The monoisotopic (exact) mass is 933 g/mol. The molecule has 3 aromatic carbocycles. The Morgan fingerprint density at radius 3 is 1.49 bits per heavy atom. The maximum absolute atomic E-state index is 11.6. The second-order valence-corrected chi connectivity index (χ2v) is 18.4. The topological polar surface area (TPSA) is 70.8 Å². The van der Waals surface area contributed by atoms with E-state index in [1.807, 2.05) is 13.0 Å². The third-order valence-corrected chi connectivity index (χ3v) is 12.8. The second kappa shape index (κ2) is 38.9. The number of rotatable bonds is 34. The molecule has 0 aromatic heterocycles. The van der Waals surface area contributed by atoms with Gasteiger partial charge in [-0.3, -0.25) is 9.98 Å². The molecule has 0 N–H and O–H groups in total. The molecule has 0 fully saturated rings. The minimum Gasteiger partial charge on any atom is -0.873 e. The van der Waals surface area contributed by atoms with Crippen molar-refractivity contribution in [3.63, 3.8) is 0 Å². The fraction of sp³-hybridized carbons (Fsp3) is 0.633. The smallest absolute Gasteiger partial charge is 0.873 e. The Hall–Kier alpha value is -3.17. The average molecular weight is 934 g/mol. The zero-order valence-corrected chi connectivity index (χ0v) is 44.0. The molecule has 0 radical (unpaired) electrons. The molecule has 0 saturated carbocycles. The van der Waals surface area contributed by atoms with Gasteiger partial charge in [0.2, 0.25) is 0 Å². The Bertz CT molecular complexity index is 1740. The quantitative estimate of drug-likeness (QED) is 0.0340. The Balaban J connectivity index is 0.00000111. The summed E-state index contributed by atoms with van der Waals surface area (Å²) >= 11 is 0. The fourth-order valence-corrected chi connectivity index (χ4v) is 8.41. The predicted molar refractivity (Wildman–Crippen MR) is 281 cm³/mol. The van der Waals surface area contributed by atoms with Crippen molar-refractivity contribution in [2.75, 3.05) is 0 Å². The molecule has 0 heterocycles. The van der Waals surface area contributed by atoms with Crippen molar-refractivity contribution < 1.29 is 26.7 Å². The minimum atomic E-state index is -0.310. The van der Waals surface area contributed by atoms with Gasteiger partial charge in [0.05, 0.1) is 22.8 Å². The number of hydrogen-bond donors (Lipinski definition) is 0. The Morgan fingerprint density at radius 1 is 0.477 bits per heavy atom.